The van der Waals surface area contributed by atoms with Gasteiger partial charge in [0.25, 0.3) is 0 Å². The van der Waals surface area contributed by atoms with Gasteiger partial charge in [-0.1, -0.05) is 25.7 Å². The van der Waals surface area contributed by atoms with E-state index in [0.29, 0.717) is 6.04 Å². The van der Waals surface area contributed by atoms with E-state index in [1.807, 2.05) is 13.0 Å². The number of rotatable bonds is 8. The Kier molecular flexibility index (Phi) is 6.75. The molecule has 1 aliphatic heterocycles. The number of hydrogen-bond donors (Lipinski definition) is 1. The number of nitrogens with zero attached hydrogens (tertiary/aromatic N) is 2. The van der Waals surface area contributed by atoms with Gasteiger partial charge in [-0.2, -0.15) is 0 Å². The molecule has 2 fully saturated rings. The summed E-state index contributed by atoms with van der Waals surface area (Å²) in [6, 6.07) is 4.57. The lowest BCUT2D eigenvalue weighted by Crippen LogP contribution is -2.53. The molecule has 4 heteroatoms. The highest BCUT2D eigenvalue weighted by Gasteiger charge is 2.27. The molecule has 0 amide bonds. The first-order chi connectivity index (χ1) is 11.7. The van der Waals surface area contributed by atoms with Crippen molar-refractivity contribution >= 4 is 0 Å². The minimum Gasteiger partial charge on any atom is -0.465 e. The number of aliphatic hydroxyl groups excluding tert-OH is 1. The third-order valence-corrected chi connectivity index (χ3v) is 5.87. The molecular formula is C20H34N2O2. The number of hydrogen-bond acceptors (Lipinski definition) is 4. The number of aryl methyl sites for hydroxylation is 1. The molecule has 1 aromatic heterocycles. The molecule has 1 saturated heterocycles. The molecule has 4 nitrogen and oxygen atoms in total. The van der Waals surface area contributed by atoms with Gasteiger partial charge < -0.3 is 14.4 Å². The summed E-state index contributed by atoms with van der Waals surface area (Å²) >= 11 is 0. The molecule has 0 spiro atoms. The second-order valence-electron chi connectivity index (χ2n) is 7.74. The first kappa shape index (κ1) is 18.0. The predicted molar refractivity (Wildman–Crippen MR) is 97.0 cm³/mol. The first-order valence-corrected chi connectivity index (χ1v) is 9.87. The van der Waals surface area contributed by atoms with Gasteiger partial charge in [0.05, 0.1) is 6.54 Å². The Morgan fingerprint density at radius 2 is 2.00 bits per heavy atom. The number of aliphatic hydroxyl groups is 1. The standard InChI is InChI=1S/C20H34N2O2/c1-17-8-9-20(24-17)16-22-13-12-21(15-19(22)10-14-23)11-4-7-18-5-2-3-6-18/h8-9,18-19,23H,2-7,10-16H2,1H3/t19-/m1/s1. The minimum atomic E-state index is 0.272. The topological polar surface area (TPSA) is 39.9 Å². The summed E-state index contributed by atoms with van der Waals surface area (Å²) in [4.78, 5) is 5.10. The second-order valence-corrected chi connectivity index (χ2v) is 7.74. The average molecular weight is 335 g/mol. The lowest BCUT2D eigenvalue weighted by Gasteiger charge is -2.41. The molecule has 1 atom stereocenters. The van der Waals surface area contributed by atoms with Crippen molar-refractivity contribution in [3.63, 3.8) is 0 Å². The van der Waals surface area contributed by atoms with Crippen LogP contribution in [0.15, 0.2) is 16.5 Å². The zero-order chi connectivity index (χ0) is 16.8. The van der Waals surface area contributed by atoms with E-state index < -0.39 is 0 Å². The van der Waals surface area contributed by atoms with Gasteiger partial charge in [0, 0.05) is 32.3 Å². The van der Waals surface area contributed by atoms with E-state index in [0.717, 1.165) is 50.0 Å². The second kappa shape index (κ2) is 9.02. The van der Waals surface area contributed by atoms with E-state index in [4.69, 9.17) is 4.42 Å². The van der Waals surface area contributed by atoms with Crippen LogP contribution in [0.4, 0.5) is 0 Å². The average Bonchev–Trinajstić information content (AvgIpc) is 3.22. The highest BCUT2D eigenvalue weighted by molar-refractivity contribution is 5.06. The van der Waals surface area contributed by atoms with Crippen molar-refractivity contribution in [1.82, 2.24) is 9.80 Å². The van der Waals surface area contributed by atoms with Gasteiger partial charge in [0.1, 0.15) is 11.5 Å². The van der Waals surface area contributed by atoms with Crippen molar-refractivity contribution in [3.8, 4) is 0 Å². The highest BCUT2D eigenvalue weighted by atomic mass is 16.3. The summed E-state index contributed by atoms with van der Waals surface area (Å²) in [6.45, 7) is 7.68. The Hall–Kier alpha value is -0.840. The summed E-state index contributed by atoms with van der Waals surface area (Å²) in [7, 11) is 0. The summed E-state index contributed by atoms with van der Waals surface area (Å²) in [5, 5.41) is 9.44. The van der Waals surface area contributed by atoms with Crippen LogP contribution in [-0.4, -0.2) is 53.7 Å². The van der Waals surface area contributed by atoms with Crippen LogP contribution in [0, 0.1) is 12.8 Å². The molecule has 2 heterocycles. The third-order valence-electron chi connectivity index (χ3n) is 5.87. The Labute approximate surface area is 146 Å². The molecule has 1 aliphatic carbocycles. The molecule has 0 aromatic carbocycles. The van der Waals surface area contributed by atoms with Gasteiger partial charge in [-0.3, -0.25) is 4.90 Å². The summed E-state index contributed by atoms with van der Waals surface area (Å²) in [5.41, 5.74) is 0. The summed E-state index contributed by atoms with van der Waals surface area (Å²) in [5.74, 6) is 3.03. The monoisotopic (exact) mass is 334 g/mol. The summed E-state index contributed by atoms with van der Waals surface area (Å²) < 4.78 is 5.74. The van der Waals surface area contributed by atoms with E-state index >= 15 is 0 Å². The van der Waals surface area contributed by atoms with Crippen molar-refractivity contribution in [2.75, 3.05) is 32.8 Å². The van der Waals surface area contributed by atoms with Crippen molar-refractivity contribution in [3.05, 3.63) is 23.7 Å². The van der Waals surface area contributed by atoms with E-state index in [-0.39, 0.29) is 6.61 Å². The van der Waals surface area contributed by atoms with E-state index in [2.05, 4.69) is 15.9 Å². The van der Waals surface area contributed by atoms with Crippen molar-refractivity contribution in [1.29, 1.82) is 0 Å². The van der Waals surface area contributed by atoms with Crippen LogP contribution in [0.25, 0.3) is 0 Å². The summed E-state index contributed by atoms with van der Waals surface area (Å²) in [6.07, 6.45) is 9.44. The van der Waals surface area contributed by atoms with Crippen LogP contribution in [0.3, 0.4) is 0 Å². The molecule has 0 unspecified atom stereocenters. The van der Waals surface area contributed by atoms with Crippen LogP contribution < -0.4 is 0 Å². The molecule has 1 N–H and O–H groups in total. The first-order valence-electron chi connectivity index (χ1n) is 9.87. The Balaban J connectivity index is 1.45. The van der Waals surface area contributed by atoms with Gasteiger partial charge in [-0.25, -0.2) is 0 Å². The highest BCUT2D eigenvalue weighted by Crippen LogP contribution is 2.28. The van der Waals surface area contributed by atoms with Gasteiger partial charge in [-0.15, -0.1) is 0 Å². The number of piperazine rings is 1. The Morgan fingerprint density at radius 3 is 2.71 bits per heavy atom. The third kappa shape index (κ3) is 5.08. The fourth-order valence-electron chi connectivity index (χ4n) is 4.46. The minimum absolute atomic E-state index is 0.272. The fourth-order valence-corrected chi connectivity index (χ4v) is 4.46. The zero-order valence-corrected chi connectivity index (χ0v) is 15.3. The predicted octanol–water partition coefficient (Wildman–Crippen LogP) is 3.43. The Morgan fingerprint density at radius 1 is 1.17 bits per heavy atom. The van der Waals surface area contributed by atoms with Crippen molar-refractivity contribution in [2.45, 2.75) is 64.5 Å². The smallest absolute Gasteiger partial charge is 0.118 e. The van der Waals surface area contributed by atoms with Gasteiger partial charge >= 0.3 is 0 Å². The lowest BCUT2D eigenvalue weighted by molar-refractivity contribution is 0.0478. The SMILES string of the molecule is Cc1ccc(CN2CCN(CCCC3CCCC3)C[C@H]2CCO)o1. The Bertz CT molecular complexity index is 482. The molecule has 0 bridgehead atoms. The maximum atomic E-state index is 9.44. The molecule has 1 aromatic rings. The largest absolute Gasteiger partial charge is 0.465 e. The maximum absolute atomic E-state index is 9.44. The van der Waals surface area contributed by atoms with Crippen LogP contribution in [-0.2, 0) is 6.54 Å². The van der Waals surface area contributed by atoms with Crippen molar-refractivity contribution in [2.24, 2.45) is 5.92 Å². The normalized spacial score (nSPS) is 24.0. The van der Waals surface area contributed by atoms with Crippen LogP contribution >= 0.6 is 0 Å². The van der Waals surface area contributed by atoms with Crippen LogP contribution in [0.2, 0.25) is 0 Å². The fraction of sp³-hybridized carbons (Fsp3) is 0.800. The van der Waals surface area contributed by atoms with E-state index in [1.165, 1.54) is 45.1 Å². The molecule has 136 valence electrons. The van der Waals surface area contributed by atoms with E-state index in [9.17, 15) is 5.11 Å². The quantitative estimate of drug-likeness (QED) is 0.791. The van der Waals surface area contributed by atoms with Gasteiger partial charge in [-0.05, 0) is 50.8 Å². The van der Waals surface area contributed by atoms with Crippen LogP contribution in [0.5, 0.6) is 0 Å². The van der Waals surface area contributed by atoms with Gasteiger partial charge in [0.15, 0.2) is 0 Å². The molecular weight excluding hydrogens is 300 g/mol. The van der Waals surface area contributed by atoms with Gasteiger partial charge in [0.2, 0.25) is 0 Å². The maximum Gasteiger partial charge on any atom is 0.118 e. The van der Waals surface area contributed by atoms with E-state index in [1.54, 1.807) is 0 Å². The molecule has 2 aliphatic rings. The molecule has 3 rings (SSSR count). The van der Waals surface area contributed by atoms with Crippen molar-refractivity contribution < 1.29 is 9.52 Å². The molecule has 1 saturated carbocycles. The molecule has 24 heavy (non-hydrogen) atoms. The zero-order valence-electron chi connectivity index (χ0n) is 15.3. The number of furan rings is 1. The molecule has 0 radical (unpaired) electrons. The van der Waals surface area contributed by atoms with Crippen LogP contribution in [0.1, 0.15) is 56.5 Å². The lowest BCUT2D eigenvalue weighted by atomic mass is 10.0.